The normalized spacial score (nSPS) is 16.0. The van der Waals surface area contributed by atoms with Gasteiger partial charge in [0.2, 0.25) is 0 Å². The number of unbranched alkanes of at least 4 members (excludes halogenated alkanes) is 2. The lowest BCUT2D eigenvalue weighted by atomic mass is 9.89. The Hall–Kier alpha value is -1.56. The van der Waals surface area contributed by atoms with Crippen LogP contribution >= 0.6 is 0 Å². The van der Waals surface area contributed by atoms with Gasteiger partial charge in [0.05, 0.1) is 11.8 Å². The van der Waals surface area contributed by atoms with Crippen molar-refractivity contribution in [1.82, 2.24) is 0 Å². The summed E-state index contributed by atoms with van der Waals surface area (Å²) in [6, 6.07) is 1.75. The molecule has 19 heavy (non-hydrogen) atoms. The highest BCUT2D eigenvalue weighted by Gasteiger charge is 2.14. The molecule has 0 fully saturated rings. The summed E-state index contributed by atoms with van der Waals surface area (Å²) in [4.78, 5) is 0. The number of rotatable bonds is 6. The van der Waals surface area contributed by atoms with Crippen LogP contribution in [0.25, 0.3) is 0 Å². The lowest BCUT2D eigenvalue weighted by Gasteiger charge is -2.17. The zero-order valence-electron chi connectivity index (χ0n) is 12.4. The maximum absolute atomic E-state index is 9.02. The fraction of sp³-hybridized carbons (Fsp3) is 0.625. The molecule has 3 nitrogen and oxygen atoms in total. The van der Waals surface area contributed by atoms with Crippen molar-refractivity contribution in [1.29, 1.82) is 5.26 Å². The van der Waals surface area contributed by atoms with E-state index in [4.69, 9.17) is 10.5 Å². The largest absolute Gasteiger partial charge is 0.411 e. The highest BCUT2D eigenvalue weighted by molar-refractivity contribution is 6.02. The average molecular weight is 262 g/mol. The van der Waals surface area contributed by atoms with Crippen LogP contribution in [0, 0.1) is 11.3 Å². The van der Waals surface area contributed by atoms with Gasteiger partial charge in [-0.3, -0.25) is 0 Å². The molecule has 0 saturated carbocycles. The average Bonchev–Trinajstić information content (AvgIpc) is 2.43. The Morgan fingerprint density at radius 3 is 2.37 bits per heavy atom. The summed E-state index contributed by atoms with van der Waals surface area (Å²) >= 11 is 0. The van der Waals surface area contributed by atoms with Gasteiger partial charge in [-0.15, -0.1) is 0 Å². The van der Waals surface area contributed by atoms with Crippen LogP contribution in [0.5, 0.6) is 0 Å². The van der Waals surface area contributed by atoms with Crippen molar-refractivity contribution in [3.63, 3.8) is 0 Å². The molecule has 0 atom stereocenters. The predicted molar refractivity (Wildman–Crippen MR) is 80.3 cm³/mol. The van der Waals surface area contributed by atoms with Crippen LogP contribution in [0.1, 0.15) is 65.7 Å². The number of nitrogens with zero attached hydrogens (tertiary/aromatic N) is 2. The first-order valence-electron chi connectivity index (χ1n) is 7.15. The molecule has 1 aliphatic rings. The number of nitriles is 1. The van der Waals surface area contributed by atoms with Crippen molar-refractivity contribution in [2.75, 3.05) is 0 Å². The summed E-state index contributed by atoms with van der Waals surface area (Å²) in [7, 11) is 0. The molecule has 0 amide bonds. The molecule has 0 unspecified atom stereocenters. The van der Waals surface area contributed by atoms with Crippen molar-refractivity contribution in [3.8, 4) is 6.07 Å². The second-order valence-corrected chi connectivity index (χ2v) is 4.59. The van der Waals surface area contributed by atoms with Crippen LogP contribution in [0.3, 0.4) is 0 Å². The van der Waals surface area contributed by atoms with E-state index in [1.165, 1.54) is 43.8 Å². The number of hydrogen-bond acceptors (Lipinski definition) is 3. The summed E-state index contributed by atoms with van der Waals surface area (Å²) in [5.74, 6) is 0. The van der Waals surface area contributed by atoms with E-state index in [9.17, 15) is 0 Å². The van der Waals surface area contributed by atoms with Gasteiger partial charge in [0, 0.05) is 13.3 Å². The molecule has 1 aliphatic carbocycles. The highest BCUT2D eigenvalue weighted by atomic mass is 16.4. The van der Waals surface area contributed by atoms with E-state index in [1.54, 1.807) is 6.07 Å². The molecule has 0 spiro atoms. The molecule has 0 bridgehead atoms. The van der Waals surface area contributed by atoms with Gasteiger partial charge in [-0.2, -0.15) is 5.26 Å². The van der Waals surface area contributed by atoms with Gasteiger partial charge in [0.25, 0.3) is 0 Å². The SMILES string of the molecule is CC#N.CCCCC1=C(CCCC)C(=NO)CC=C1. The number of hydrogen-bond donors (Lipinski definition) is 1. The molecule has 0 saturated heterocycles. The first-order valence-corrected chi connectivity index (χ1v) is 7.15. The van der Waals surface area contributed by atoms with Crippen LogP contribution < -0.4 is 0 Å². The Labute approximate surface area is 117 Å². The number of allylic oxidation sites excluding steroid dienone is 4. The summed E-state index contributed by atoms with van der Waals surface area (Å²) in [5, 5.41) is 19.8. The summed E-state index contributed by atoms with van der Waals surface area (Å²) in [6.07, 6.45) is 12.1. The predicted octanol–water partition coefficient (Wildman–Crippen LogP) is 4.98. The minimum absolute atomic E-state index is 0.783. The second kappa shape index (κ2) is 11.5. The topological polar surface area (TPSA) is 56.4 Å². The van der Waals surface area contributed by atoms with Gasteiger partial charge < -0.3 is 5.21 Å². The molecule has 106 valence electrons. The van der Waals surface area contributed by atoms with Crippen molar-refractivity contribution >= 4 is 5.71 Å². The molecule has 0 aromatic carbocycles. The van der Waals surface area contributed by atoms with Crippen LogP contribution in [0.15, 0.2) is 28.5 Å². The standard InChI is InChI=1S/C14H23NO.C2H3N/c1-3-5-8-12-9-7-11-14(15-16)13(12)10-6-4-2;1-2-3/h7,9,16H,3-6,8,10-11H2,1-2H3;1H3. The van der Waals surface area contributed by atoms with Gasteiger partial charge in [-0.05, 0) is 36.8 Å². The minimum Gasteiger partial charge on any atom is -0.411 e. The lowest BCUT2D eigenvalue weighted by molar-refractivity contribution is 0.318. The minimum atomic E-state index is 0.783. The van der Waals surface area contributed by atoms with Crippen molar-refractivity contribution in [2.45, 2.75) is 65.7 Å². The monoisotopic (exact) mass is 262 g/mol. The van der Waals surface area contributed by atoms with E-state index in [1.807, 2.05) is 0 Å². The van der Waals surface area contributed by atoms with E-state index in [0.717, 1.165) is 25.0 Å². The molecule has 1 rings (SSSR count). The van der Waals surface area contributed by atoms with Crippen LogP contribution in [0.4, 0.5) is 0 Å². The van der Waals surface area contributed by atoms with Crippen LogP contribution in [-0.2, 0) is 0 Å². The molecule has 3 heteroatoms. The van der Waals surface area contributed by atoms with E-state index < -0.39 is 0 Å². The third-order valence-corrected chi connectivity index (χ3v) is 3.07. The third-order valence-electron chi connectivity index (χ3n) is 3.07. The third kappa shape index (κ3) is 6.81. The van der Waals surface area contributed by atoms with Gasteiger partial charge >= 0.3 is 0 Å². The van der Waals surface area contributed by atoms with E-state index in [-0.39, 0.29) is 0 Å². The first kappa shape index (κ1) is 17.4. The van der Waals surface area contributed by atoms with Crippen molar-refractivity contribution < 1.29 is 5.21 Å². The van der Waals surface area contributed by atoms with E-state index in [0.29, 0.717) is 0 Å². The number of oxime groups is 1. The summed E-state index contributed by atoms with van der Waals surface area (Å²) in [5.41, 5.74) is 3.55. The van der Waals surface area contributed by atoms with Gasteiger partial charge in [-0.25, -0.2) is 0 Å². The highest BCUT2D eigenvalue weighted by Crippen LogP contribution is 2.25. The van der Waals surface area contributed by atoms with Gasteiger partial charge in [-0.1, -0.05) is 44.0 Å². The molecular weight excluding hydrogens is 236 g/mol. The maximum atomic E-state index is 9.02. The molecule has 0 aromatic heterocycles. The zero-order valence-corrected chi connectivity index (χ0v) is 12.4. The second-order valence-electron chi connectivity index (χ2n) is 4.59. The Morgan fingerprint density at radius 2 is 1.84 bits per heavy atom. The van der Waals surface area contributed by atoms with Crippen molar-refractivity contribution in [3.05, 3.63) is 23.3 Å². The molecule has 0 heterocycles. The maximum Gasteiger partial charge on any atom is 0.0867 e. The van der Waals surface area contributed by atoms with Crippen molar-refractivity contribution in [2.24, 2.45) is 5.16 Å². The lowest BCUT2D eigenvalue weighted by Crippen LogP contribution is -2.09. The first-order chi connectivity index (χ1) is 9.24. The fourth-order valence-electron chi connectivity index (χ4n) is 2.08. The van der Waals surface area contributed by atoms with Crippen LogP contribution in [-0.4, -0.2) is 10.9 Å². The zero-order chi connectivity index (χ0) is 14.5. The molecule has 0 radical (unpaired) electrons. The smallest absolute Gasteiger partial charge is 0.0867 e. The van der Waals surface area contributed by atoms with Gasteiger partial charge in [0.15, 0.2) is 0 Å². The Morgan fingerprint density at radius 1 is 1.26 bits per heavy atom. The van der Waals surface area contributed by atoms with Crippen LogP contribution in [0.2, 0.25) is 0 Å². The molecular formula is C16H26N2O. The van der Waals surface area contributed by atoms with E-state index >= 15 is 0 Å². The van der Waals surface area contributed by atoms with E-state index in [2.05, 4.69) is 31.2 Å². The quantitative estimate of drug-likeness (QED) is 0.542. The summed E-state index contributed by atoms with van der Waals surface area (Å²) in [6.45, 7) is 5.83. The Bertz CT molecular complexity index is 373. The summed E-state index contributed by atoms with van der Waals surface area (Å²) < 4.78 is 0. The Kier molecular flexibility index (Phi) is 10.6. The molecule has 0 aromatic rings. The molecule has 0 aliphatic heterocycles. The van der Waals surface area contributed by atoms with Gasteiger partial charge in [0.1, 0.15) is 0 Å². The fourth-order valence-corrected chi connectivity index (χ4v) is 2.08. The Balaban J connectivity index is 0.000000982. The molecule has 1 N–H and O–H groups in total.